The smallest absolute Gasteiger partial charge is 0.331 e. The Hall–Kier alpha value is -2.35. The number of aromatic hydroxyl groups is 1. The molecule has 1 aliphatic rings. The van der Waals surface area contributed by atoms with E-state index in [-0.39, 0.29) is 18.0 Å². The normalized spacial score (nSPS) is 16.6. The van der Waals surface area contributed by atoms with Crippen molar-refractivity contribution < 1.29 is 10.0 Å². The molecule has 8 heteroatoms. The third-order valence-corrected chi connectivity index (χ3v) is 3.96. The summed E-state index contributed by atoms with van der Waals surface area (Å²) in [6, 6.07) is 0. The molecule has 0 bridgehead atoms. The van der Waals surface area contributed by atoms with Gasteiger partial charge in [-0.25, -0.2) is 4.79 Å². The lowest BCUT2D eigenvalue weighted by molar-refractivity contribution is -0.884. The lowest BCUT2D eigenvalue weighted by atomic mass is 10.1. The summed E-state index contributed by atoms with van der Waals surface area (Å²) in [5, 5.41) is 16.8. The fraction of sp³-hybridized carbons (Fsp3) is 0.533. The molecule has 0 radical (unpaired) electrons. The summed E-state index contributed by atoms with van der Waals surface area (Å²) in [7, 11) is 2.13. The minimum absolute atomic E-state index is 0.0558. The van der Waals surface area contributed by atoms with Crippen LogP contribution in [-0.4, -0.2) is 58.6 Å². The highest BCUT2D eigenvalue weighted by atomic mass is 16.3. The molecule has 2 rings (SSSR count). The van der Waals surface area contributed by atoms with Crippen molar-refractivity contribution in [3.05, 3.63) is 39.1 Å². The fourth-order valence-electron chi connectivity index (χ4n) is 2.56. The highest BCUT2D eigenvalue weighted by molar-refractivity contribution is 6.01. The number of nitrogens with zero attached hydrogens (tertiary/aromatic N) is 3. The first-order valence-electron chi connectivity index (χ1n) is 7.79. The highest BCUT2D eigenvalue weighted by Gasteiger charge is 2.21. The number of H-pyrrole nitrogens is 1. The van der Waals surface area contributed by atoms with Crippen LogP contribution in [0.3, 0.4) is 0 Å². The van der Waals surface area contributed by atoms with Crippen LogP contribution in [0, 0.1) is 0 Å². The van der Waals surface area contributed by atoms with Gasteiger partial charge in [-0.05, 0) is 6.42 Å². The zero-order valence-electron chi connectivity index (χ0n) is 13.6. The van der Waals surface area contributed by atoms with E-state index in [2.05, 4.69) is 23.7 Å². The van der Waals surface area contributed by atoms with Crippen molar-refractivity contribution in [1.82, 2.24) is 14.6 Å². The standard InChI is InChI=1S/C15H23N5O3/c1-4-6-20-14(22)12(13(21)16-15(20)23)11(5-2)17-19-9-7-18(3)8-10-19/h4,22H,1,5-10H2,2-3H3,(H,16,21,23)/p+1/b17-11+. The number of hydrogen-bond acceptors (Lipinski definition) is 5. The van der Waals surface area contributed by atoms with Gasteiger partial charge in [-0.15, -0.1) is 6.58 Å². The molecular formula is C15H24N5O3+. The van der Waals surface area contributed by atoms with E-state index < -0.39 is 11.2 Å². The number of rotatable bonds is 5. The zero-order valence-corrected chi connectivity index (χ0v) is 13.6. The molecule has 1 aromatic rings. The first-order chi connectivity index (χ1) is 11.0. The van der Waals surface area contributed by atoms with Crippen LogP contribution in [0.4, 0.5) is 0 Å². The van der Waals surface area contributed by atoms with Crippen molar-refractivity contribution in [3.8, 4) is 5.88 Å². The van der Waals surface area contributed by atoms with E-state index in [4.69, 9.17) is 0 Å². The third kappa shape index (κ3) is 3.70. The molecule has 0 atom stereocenters. The monoisotopic (exact) mass is 322 g/mol. The fourth-order valence-corrected chi connectivity index (χ4v) is 2.56. The van der Waals surface area contributed by atoms with Crippen LogP contribution in [0.5, 0.6) is 5.88 Å². The SMILES string of the molecule is C=CCn1c(O)c(/C(CC)=N/N2CC[NH+](C)CC2)c(=O)[nH]c1=O. The van der Waals surface area contributed by atoms with Crippen molar-refractivity contribution in [1.29, 1.82) is 0 Å². The Balaban J connectivity index is 2.45. The Morgan fingerprint density at radius 2 is 2.09 bits per heavy atom. The molecular weight excluding hydrogens is 298 g/mol. The third-order valence-electron chi connectivity index (χ3n) is 3.96. The molecule has 0 amide bonds. The minimum atomic E-state index is -0.658. The van der Waals surface area contributed by atoms with Crippen LogP contribution in [0.1, 0.15) is 18.9 Å². The number of likely N-dealkylation sites (N-methyl/N-ethyl adjacent to an activating group) is 1. The quantitative estimate of drug-likeness (QED) is 0.448. The van der Waals surface area contributed by atoms with Gasteiger partial charge in [-0.3, -0.25) is 19.4 Å². The summed E-state index contributed by atoms with van der Waals surface area (Å²) in [6.45, 7) is 9.06. The number of hydrazone groups is 1. The van der Waals surface area contributed by atoms with Crippen LogP contribution < -0.4 is 16.1 Å². The van der Waals surface area contributed by atoms with Crippen LogP contribution in [0.15, 0.2) is 27.3 Å². The summed E-state index contributed by atoms with van der Waals surface area (Å²) in [4.78, 5) is 27.6. The molecule has 3 N–H and O–H groups in total. The Labute approximate surface area is 134 Å². The molecule has 23 heavy (non-hydrogen) atoms. The van der Waals surface area contributed by atoms with Gasteiger partial charge in [-0.2, -0.15) is 5.10 Å². The van der Waals surface area contributed by atoms with Gasteiger partial charge in [0.1, 0.15) is 5.56 Å². The maximum absolute atomic E-state index is 12.2. The van der Waals surface area contributed by atoms with Crippen LogP contribution in [-0.2, 0) is 6.54 Å². The van der Waals surface area contributed by atoms with Gasteiger partial charge in [0.15, 0.2) is 0 Å². The number of piperazine rings is 1. The van der Waals surface area contributed by atoms with Crippen LogP contribution >= 0.6 is 0 Å². The van der Waals surface area contributed by atoms with Gasteiger partial charge >= 0.3 is 5.69 Å². The number of nitrogens with one attached hydrogen (secondary N) is 2. The Kier molecular flexibility index (Phi) is 5.38. The number of aromatic amines is 1. The summed E-state index contributed by atoms with van der Waals surface area (Å²) in [6.07, 6.45) is 1.96. The summed E-state index contributed by atoms with van der Waals surface area (Å²) in [5.41, 5.74) is -0.746. The molecule has 1 aliphatic heterocycles. The zero-order chi connectivity index (χ0) is 17.0. The first-order valence-corrected chi connectivity index (χ1v) is 7.79. The van der Waals surface area contributed by atoms with E-state index in [0.29, 0.717) is 12.1 Å². The van der Waals surface area contributed by atoms with Crippen molar-refractivity contribution in [2.45, 2.75) is 19.9 Å². The average molecular weight is 322 g/mol. The van der Waals surface area contributed by atoms with E-state index in [0.717, 1.165) is 30.7 Å². The largest absolute Gasteiger partial charge is 0.494 e. The van der Waals surface area contributed by atoms with E-state index in [1.807, 2.05) is 11.9 Å². The lowest BCUT2D eigenvalue weighted by Gasteiger charge is -2.28. The van der Waals surface area contributed by atoms with Crippen LogP contribution in [0.25, 0.3) is 0 Å². The molecule has 0 unspecified atom stereocenters. The number of aromatic nitrogens is 2. The van der Waals surface area contributed by atoms with E-state index in [9.17, 15) is 14.7 Å². The lowest BCUT2D eigenvalue weighted by Crippen LogP contribution is -3.11. The molecule has 126 valence electrons. The molecule has 0 saturated carbocycles. The molecule has 1 saturated heterocycles. The maximum Gasteiger partial charge on any atom is 0.331 e. The molecule has 0 aliphatic carbocycles. The van der Waals surface area contributed by atoms with Gasteiger partial charge in [-0.1, -0.05) is 13.0 Å². The van der Waals surface area contributed by atoms with Gasteiger partial charge in [0.2, 0.25) is 5.88 Å². The highest BCUT2D eigenvalue weighted by Crippen LogP contribution is 2.14. The van der Waals surface area contributed by atoms with E-state index >= 15 is 0 Å². The number of quaternary nitrogens is 1. The Morgan fingerprint density at radius 3 is 2.65 bits per heavy atom. The van der Waals surface area contributed by atoms with Gasteiger partial charge in [0, 0.05) is 6.54 Å². The second-order valence-corrected chi connectivity index (χ2v) is 5.67. The molecule has 0 spiro atoms. The minimum Gasteiger partial charge on any atom is -0.494 e. The average Bonchev–Trinajstić information content (AvgIpc) is 2.52. The summed E-state index contributed by atoms with van der Waals surface area (Å²) in [5.74, 6) is -0.362. The first kappa shape index (κ1) is 17.0. The number of allylic oxidation sites excluding steroid dienone is 1. The molecule has 1 fully saturated rings. The second-order valence-electron chi connectivity index (χ2n) is 5.67. The van der Waals surface area contributed by atoms with Gasteiger partial charge in [0.05, 0.1) is 38.9 Å². The van der Waals surface area contributed by atoms with Gasteiger partial charge in [0.25, 0.3) is 5.56 Å². The predicted octanol–water partition coefficient (Wildman–Crippen LogP) is -1.63. The Morgan fingerprint density at radius 1 is 1.43 bits per heavy atom. The molecule has 1 aromatic heterocycles. The maximum atomic E-state index is 12.2. The molecule has 8 nitrogen and oxygen atoms in total. The van der Waals surface area contributed by atoms with E-state index in [1.54, 1.807) is 0 Å². The summed E-state index contributed by atoms with van der Waals surface area (Å²) >= 11 is 0. The van der Waals surface area contributed by atoms with Crippen molar-refractivity contribution >= 4 is 5.71 Å². The van der Waals surface area contributed by atoms with E-state index in [1.165, 1.54) is 11.0 Å². The Bertz CT molecular complexity index is 711. The molecule has 0 aromatic carbocycles. The van der Waals surface area contributed by atoms with Crippen molar-refractivity contribution in [2.75, 3.05) is 33.2 Å². The number of hydrogen-bond donors (Lipinski definition) is 3. The van der Waals surface area contributed by atoms with Crippen molar-refractivity contribution in [3.63, 3.8) is 0 Å². The van der Waals surface area contributed by atoms with Gasteiger partial charge < -0.3 is 10.0 Å². The predicted molar refractivity (Wildman–Crippen MR) is 88.2 cm³/mol. The van der Waals surface area contributed by atoms with Crippen molar-refractivity contribution in [2.24, 2.45) is 5.10 Å². The second kappa shape index (κ2) is 7.28. The topological polar surface area (TPSA) is 95.1 Å². The molecule has 2 heterocycles. The summed E-state index contributed by atoms with van der Waals surface area (Å²) < 4.78 is 1.07. The van der Waals surface area contributed by atoms with Crippen LogP contribution in [0.2, 0.25) is 0 Å².